The number of halogens is 1. The molecule has 3 aromatic rings. The van der Waals surface area contributed by atoms with Crippen LogP contribution in [-0.2, 0) is 0 Å². The zero-order chi connectivity index (χ0) is 15.9. The van der Waals surface area contributed by atoms with Crippen LogP contribution in [0.3, 0.4) is 0 Å². The molecule has 2 aromatic heterocycles. The van der Waals surface area contributed by atoms with Crippen LogP contribution in [0.5, 0.6) is 5.75 Å². The highest BCUT2D eigenvalue weighted by Crippen LogP contribution is 2.32. The number of pyridine rings is 1. The lowest BCUT2D eigenvalue weighted by molar-refractivity contribution is 0.415. The van der Waals surface area contributed by atoms with E-state index in [1.165, 1.54) is 5.32 Å². The van der Waals surface area contributed by atoms with Crippen LogP contribution in [0.4, 0.5) is 0 Å². The molecule has 3 rings (SSSR count). The van der Waals surface area contributed by atoms with Gasteiger partial charge in [-0.3, -0.25) is 0 Å². The molecule has 0 atom stereocenters. The Morgan fingerprint density at radius 3 is 2.32 bits per heavy atom. The van der Waals surface area contributed by atoms with E-state index in [0.29, 0.717) is 0 Å². The molecule has 0 spiro atoms. The lowest BCUT2D eigenvalue weighted by Gasteiger charge is -2.21. The summed E-state index contributed by atoms with van der Waals surface area (Å²) in [5.74, 6) is 0.918. The van der Waals surface area contributed by atoms with Crippen molar-refractivity contribution in [1.29, 1.82) is 0 Å². The number of methoxy groups -OCH3 is 1. The van der Waals surface area contributed by atoms with Gasteiger partial charge in [0, 0.05) is 5.56 Å². The molecule has 0 saturated heterocycles. The molecule has 22 heavy (non-hydrogen) atoms. The fourth-order valence-electron chi connectivity index (χ4n) is 2.70. The van der Waals surface area contributed by atoms with Gasteiger partial charge in [0.05, 0.1) is 22.4 Å². The van der Waals surface area contributed by atoms with Crippen LogP contribution in [0, 0.1) is 0 Å². The van der Waals surface area contributed by atoms with E-state index in [9.17, 15) is 0 Å². The zero-order valence-corrected chi connectivity index (χ0v) is 15.8. The molecule has 0 amide bonds. The molecule has 0 fully saturated rings. The molecule has 5 heteroatoms. The summed E-state index contributed by atoms with van der Waals surface area (Å²) in [5.41, 5.74) is 3.16. The minimum Gasteiger partial charge on any atom is -0.495 e. The van der Waals surface area contributed by atoms with Gasteiger partial charge in [0.25, 0.3) is 0 Å². The van der Waals surface area contributed by atoms with Gasteiger partial charge in [0.15, 0.2) is 0 Å². The molecule has 2 heterocycles. The maximum Gasteiger partial charge on any atom is 0.135 e. The lowest BCUT2D eigenvalue weighted by Crippen LogP contribution is -2.43. The molecule has 114 valence electrons. The molecule has 0 unspecified atom stereocenters. The van der Waals surface area contributed by atoms with Crippen LogP contribution < -0.4 is 10.1 Å². The maximum absolute atomic E-state index is 5.59. The number of nitrogens with zero attached hydrogens (tertiary/aromatic N) is 2. The van der Waals surface area contributed by atoms with Gasteiger partial charge in [-0.25, -0.2) is 4.52 Å². The molecule has 0 saturated carbocycles. The summed E-state index contributed by atoms with van der Waals surface area (Å²) < 4.78 is 8.67. The van der Waals surface area contributed by atoms with Crippen LogP contribution in [0.25, 0.3) is 16.8 Å². The fourth-order valence-corrected chi connectivity index (χ4v) is 5.04. The van der Waals surface area contributed by atoms with Crippen molar-refractivity contribution in [3.8, 4) is 17.0 Å². The van der Waals surface area contributed by atoms with Gasteiger partial charge >= 0.3 is 0 Å². The summed E-state index contributed by atoms with van der Waals surface area (Å²) >= 11 is 3.73. The average Bonchev–Trinajstić information content (AvgIpc) is 2.83. The number of aromatic nitrogens is 2. The largest absolute Gasteiger partial charge is 0.495 e. The van der Waals surface area contributed by atoms with E-state index in [4.69, 9.17) is 9.84 Å². The van der Waals surface area contributed by atoms with Crippen LogP contribution in [0.2, 0.25) is 19.6 Å². The Morgan fingerprint density at radius 2 is 1.73 bits per heavy atom. The molecule has 0 aliphatic rings. The zero-order valence-electron chi connectivity index (χ0n) is 13.2. The summed E-state index contributed by atoms with van der Waals surface area (Å²) in [7, 11) is 0.104. The van der Waals surface area contributed by atoms with Crippen molar-refractivity contribution >= 4 is 34.8 Å². The Kier molecular flexibility index (Phi) is 3.86. The summed E-state index contributed by atoms with van der Waals surface area (Å²) in [6.45, 7) is 6.92. The normalized spacial score (nSPS) is 11.9. The van der Waals surface area contributed by atoms with E-state index in [1.54, 1.807) is 7.11 Å². The van der Waals surface area contributed by atoms with Crippen LogP contribution >= 0.6 is 15.9 Å². The first-order valence-corrected chi connectivity index (χ1v) is 11.5. The van der Waals surface area contributed by atoms with E-state index in [1.807, 2.05) is 24.3 Å². The lowest BCUT2D eigenvalue weighted by atomic mass is 10.1. The molecule has 1 aromatic carbocycles. The van der Waals surface area contributed by atoms with Crippen molar-refractivity contribution < 1.29 is 4.74 Å². The highest BCUT2D eigenvalue weighted by atomic mass is 79.9. The SMILES string of the molecule is COc1ccc2c(Br)c(-c3ccccc3)nn2c1[Si](C)(C)C. The van der Waals surface area contributed by atoms with Crippen molar-refractivity contribution in [2.24, 2.45) is 0 Å². The van der Waals surface area contributed by atoms with E-state index in [0.717, 1.165) is 27.0 Å². The van der Waals surface area contributed by atoms with E-state index in [2.05, 4.69) is 58.3 Å². The molecule has 3 nitrogen and oxygen atoms in total. The van der Waals surface area contributed by atoms with Gasteiger partial charge in [-0.1, -0.05) is 50.0 Å². The quantitative estimate of drug-likeness (QED) is 0.638. The summed E-state index contributed by atoms with van der Waals surface area (Å²) in [6.07, 6.45) is 0. The third-order valence-electron chi connectivity index (χ3n) is 3.68. The molecular formula is C17H19BrN2OSi. The Balaban J connectivity index is 2.35. The van der Waals surface area contributed by atoms with Gasteiger partial charge < -0.3 is 4.74 Å². The summed E-state index contributed by atoms with van der Waals surface area (Å²) in [5, 5.41) is 6.09. The Morgan fingerprint density at radius 1 is 1.05 bits per heavy atom. The van der Waals surface area contributed by atoms with Crippen LogP contribution in [0.15, 0.2) is 46.9 Å². The Labute approximate surface area is 140 Å². The second kappa shape index (κ2) is 5.55. The van der Waals surface area contributed by atoms with E-state index >= 15 is 0 Å². The van der Waals surface area contributed by atoms with Gasteiger partial charge in [-0.15, -0.1) is 0 Å². The Bertz CT molecular complexity index is 822. The highest BCUT2D eigenvalue weighted by molar-refractivity contribution is 9.10. The number of hydrogen-bond acceptors (Lipinski definition) is 2. The maximum atomic E-state index is 5.59. The molecule has 0 bridgehead atoms. The average molecular weight is 375 g/mol. The molecule has 0 aliphatic carbocycles. The first-order valence-electron chi connectivity index (χ1n) is 7.24. The van der Waals surface area contributed by atoms with Crippen LogP contribution in [0.1, 0.15) is 0 Å². The van der Waals surface area contributed by atoms with Gasteiger partial charge in [0.1, 0.15) is 19.5 Å². The smallest absolute Gasteiger partial charge is 0.135 e. The number of rotatable bonds is 3. The third kappa shape index (κ3) is 2.48. The van der Waals surface area contributed by atoms with Crippen molar-refractivity contribution in [2.45, 2.75) is 19.6 Å². The minimum atomic E-state index is -1.62. The topological polar surface area (TPSA) is 26.5 Å². The Hall–Kier alpha value is -1.59. The fraction of sp³-hybridized carbons (Fsp3) is 0.235. The molecule has 0 radical (unpaired) electrons. The van der Waals surface area contributed by atoms with Gasteiger partial charge in [0.2, 0.25) is 0 Å². The van der Waals surface area contributed by atoms with Crippen molar-refractivity contribution in [1.82, 2.24) is 9.61 Å². The standard InChI is InChI=1S/C17H19BrN2OSi/c1-21-14-11-10-13-15(18)16(12-8-6-5-7-9-12)19-20(13)17(14)22(2,3)4/h5-11H,1-4H3. The van der Waals surface area contributed by atoms with Crippen molar-refractivity contribution in [3.05, 3.63) is 46.9 Å². The first-order chi connectivity index (χ1) is 10.4. The van der Waals surface area contributed by atoms with Crippen molar-refractivity contribution in [3.63, 3.8) is 0 Å². The second-order valence-electron chi connectivity index (χ2n) is 6.33. The highest BCUT2D eigenvalue weighted by Gasteiger charge is 2.27. The van der Waals surface area contributed by atoms with E-state index < -0.39 is 8.07 Å². The summed E-state index contributed by atoms with van der Waals surface area (Å²) in [6, 6.07) is 14.4. The number of hydrogen-bond donors (Lipinski definition) is 0. The van der Waals surface area contributed by atoms with Crippen molar-refractivity contribution in [2.75, 3.05) is 7.11 Å². The third-order valence-corrected chi connectivity index (χ3v) is 6.34. The van der Waals surface area contributed by atoms with E-state index in [-0.39, 0.29) is 0 Å². The predicted octanol–water partition coefficient (Wildman–Crippen LogP) is 4.32. The van der Waals surface area contributed by atoms with Crippen LogP contribution in [-0.4, -0.2) is 24.8 Å². The number of benzene rings is 1. The molecule has 0 N–H and O–H groups in total. The summed E-state index contributed by atoms with van der Waals surface area (Å²) in [4.78, 5) is 0. The second-order valence-corrected chi connectivity index (χ2v) is 12.1. The first kappa shape index (κ1) is 15.3. The van der Waals surface area contributed by atoms with Gasteiger partial charge in [-0.05, 0) is 28.1 Å². The predicted molar refractivity (Wildman–Crippen MR) is 97.9 cm³/mol. The van der Waals surface area contributed by atoms with Gasteiger partial charge in [-0.2, -0.15) is 5.10 Å². The molecule has 0 aliphatic heterocycles. The minimum absolute atomic E-state index is 0.918. The number of ether oxygens (including phenoxy) is 1. The molecular weight excluding hydrogens is 356 g/mol. The number of fused-ring (bicyclic) bond motifs is 1. The monoisotopic (exact) mass is 374 g/mol.